The smallest absolute Gasteiger partial charge is 0.246 e. The topological polar surface area (TPSA) is 88.6 Å². The number of benzene rings is 2. The number of para-hydroxylation sites is 1. The van der Waals surface area contributed by atoms with Crippen LogP contribution in [-0.4, -0.2) is 43.3 Å². The number of hydrogen-bond donors (Lipinski definition) is 1. The third kappa shape index (κ3) is 5.41. The second-order valence-electron chi connectivity index (χ2n) is 6.81. The monoisotopic (exact) mass is 461 g/mol. The summed E-state index contributed by atoms with van der Waals surface area (Å²) in [5.41, 5.74) is 1.35. The van der Waals surface area contributed by atoms with Crippen LogP contribution in [-0.2, 0) is 21.2 Å². The van der Waals surface area contributed by atoms with Gasteiger partial charge in [-0.3, -0.25) is 4.79 Å². The fraction of sp³-hybridized carbons (Fsp3) is 0.364. The zero-order valence-electron chi connectivity index (χ0n) is 17.9. The molecule has 0 atom stereocenters. The Bertz CT molecular complexity index is 1120. The van der Waals surface area contributed by atoms with E-state index < -0.39 is 10.0 Å². The summed E-state index contributed by atoms with van der Waals surface area (Å²) in [6, 6.07) is 12.6. The number of fused-ring (bicyclic) bond motifs is 1. The van der Waals surface area contributed by atoms with Crippen LogP contribution in [0.2, 0.25) is 0 Å². The maximum Gasteiger partial charge on any atom is 0.246 e. The zero-order valence-corrected chi connectivity index (χ0v) is 19.6. The first kappa shape index (κ1) is 23.2. The van der Waals surface area contributed by atoms with Crippen molar-refractivity contribution in [2.45, 2.75) is 38.5 Å². The third-order valence-electron chi connectivity index (χ3n) is 4.75. The molecule has 166 valence electrons. The molecule has 1 N–H and O–H groups in total. The molecule has 9 heteroatoms. The highest BCUT2D eigenvalue weighted by Gasteiger charge is 2.26. The van der Waals surface area contributed by atoms with Crippen LogP contribution in [0.5, 0.6) is 5.75 Å². The Morgan fingerprint density at radius 1 is 1.13 bits per heavy atom. The van der Waals surface area contributed by atoms with Gasteiger partial charge in [0.15, 0.2) is 0 Å². The van der Waals surface area contributed by atoms with Gasteiger partial charge < -0.3 is 10.1 Å². The molecule has 0 radical (unpaired) electrons. The van der Waals surface area contributed by atoms with Crippen molar-refractivity contribution in [3.05, 3.63) is 47.5 Å². The Morgan fingerprint density at radius 2 is 1.87 bits per heavy atom. The molecule has 0 bridgehead atoms. The maximum atomic E-state index is 13.1. The molecule has 0 saturated carbocycles. The second kappa shape index (κ2) is 10.2. The zero-order chi connectivity index (χ0) is 22.4. The Hall–Kier alpha value is -2.49. The summed E-state index contributed by atoms with van der Waals surface area (Å²) in [7, 11) is -3.73. The average Bonchev–Trinajstić information content (AvgIpc) is 3.17. The van der Waals surface area contributed by atoms with Crippen LogP contribution < -0.4 is 10.1 Å². The first-order chi connectivity index (χ1) is 14.9. The Balaban J connectivity index is 1.75. The summed E-state index contributed by atoms with van der Waals surface area (Å²) in [6.45, 7) is 6.41. The van der Waals surface area contributed by atoms with Gasteiger partial charge in [0.05, 0.1) is 21.8 Å². The van der Waals surface area contributed by atoms with Crippen molar-refractivity contribution in [1.82, 2.24) is 9.29 Å². The van der Waals surface area contributed by atoms with Crippen molar-refractivity contribution in [2.24, 2.45) is 0 Å². The van der Waals surface area contributed by atoms with Crippen LogP contribution in [0.25, 0.3) is 10.2 Å². The Kier molecular flexibility index (Phi) is 7.64. The van der Waals surface area contributed by atoms with E-state index in [0.29, 0.717) is 31.8 Å². The molecule has 2 aromatic carbocycles. The number of rotatable bonds is 10. The van der Waals surface area contributed by atoms with E-state index in [1.807, 2.05) is 24.3 Å². The minimum absolute atomic E-state index is 0.0574. The van der Waals surface area contributed by atoms with Gasteiger partial charge in [-0.25, -0.2) is 13.4 Å². The molecule has 0 fully saturated rings. The predicted octanol–water partition coefficient (Wildman–Crippen LogP) is 4.30. The number of aryl methyl sites for hydroxylation is 1. The molecular weight excluding hydrogens is 434 g/mol. The second-order valence-corrected chi connectivity index (χ2v) is 9.83. The fourth-order valence-electron chi connectivity index (χ4n) is 3.24. The standard InChI is InChI=1S/C22H27N3O4S2/c1-4-25(5-2)31(27,28)20-15-16(11-12-18(20)29-6-3)23-21(26)13-14-22-24-17-9-7-8-10-19(17)30-22/h7-12,15H,4-6,13-14H2,1-3H3,(H,23,26). The molecule has 7 nitrogen and oxygen atoms in total. The lowest BCUT2D eigenvalue weighted by Crippen LogP contribution is -2.31. The van der Waals surface area contributed by atoms with Gasteiger partial charge in [0.1, 0.15) is 10.6 Å². The highest BCUT2D eigenvalue weighted by atomic mass is 32.2. The molecule has 0 aliphatic heterocycles. The lowest BCUT2D eigenvalue weighted by molar-refractivity contribution is -0.116. The van der Waals surface area contributed by atoms with E-state index in [1.54, 1.807) is 44.2 Å². The van der Waals surface area contributed by atoms with Crippen LogP contribution in [0.4, 0.5) is 5.69 Å². The molecule has 0 spiro atoms. The summed E-state index contributed by atoms with van der Waals surface area (Å²) in [6.07, 6.45) is 0.776. The number of sulfonamides is 1. The van der Waals surface area contributed by atoms with Crippen LogP contribution in [0.3, 0.4) is 0 Å². The minimum Gasteiger partial charge on any atom is -0.492 e. The predicted molar refractivity (Wildman–Crippen MR) is 124 cm³/mol. The van der Waals surface area contributed by atoms with E-state index in [0.717, 1.165) is 15.2 Å². The van der Waals surface area contributed by atoms with Crippen molar-refractivity contribution >= 4 is 43.2 Å². The summed E-state index contributed by atoms with van der Waals surface area (Å²) < 4.78 is 34.1. The van der Waals surface area contributed by atoms with Crippen molar-refractivity contribution < 1.29 is 17.9 Å². The lowest BCUT2D eigenvalue weighted by Gasteiger charge is -2.21. The van der Waals surface area contributed by atoms with Gasteiger partial charge in [0, 0.05) is 31.6 Å². The first-order valence-electron chi connectivity index (χ1n) is 10.3. The van der Waals surface area contributed by atoms with E-state index in [9.17, 15) is 13.2 Å². The fourth-order valence-corrected chi connectivity index (χ4v) is 5.82. The summed E-state index contributed by atoms with van der Waals surface area (Å²) in [4.78, 5) is 17.1. The van der Waals surface area contributed by atoms with Gasteiger partial charge in [-0.05, 0) is 37.3 Å². The lowest BCUT2D eigenvalue weighted by atomic mass is 10.2. The van der Waals surface area contributed by atoms with Gasteiger partial charge >= 0.3 is 0 Å². The first-order valence-corrected chi connectivity index (χ1v) is 12.6. The number of nitrogens with one attached hydrogen (secondary N) is 1. The van der Waals surface area contributed by atoms with Crippen LogP contribution in [0.1, 0.15) is 32.2 Å². The third-order valence-corrected chi connectivity index (χ3v) is 7.92. The summed E-state index contributed by atoms with van der Waals surface area (Å²) in [5.74, 6) is 0.0801. The SMILES string of the molecule is CCOc1ccc(NC(=O)CCc2nc3ccccc3s2)cc1S(=O)(=O)N(CC)CC. The number of thiazole rings is 1. The highest BCUT2D eigenvalue weighted by Crippen LogP contribution is 2.30. The number of hydrogen-bond acceptors (Lipinski definition) is 6. The Labute approximate surface area is 187 Å². The largest absolute Gasteiger partial charge is 0.492 e. The van der Waals surface area contributed by atoms with Crippen LogP contribution >= 0.6 is 11.3 Å². The number of anilines is 1. The number of amides is 1. The number of carbonyl (C=O) groups excluding carboxylic acids is 1. The van der Waals surface area contributed by atoms with Crippen LogP contribution in [0, 0.1) is 0 Å². The molecule has 0 saturated heterocycles. The summed E-state index contributed by atoms with van der Waals surface area (Å²) >= 11 is 1.57. The van der Waals surface area contributed by atoms with E-state index in [1.165, 1.54) is 10.4 Å². The number of ether oxygens (including phenoxy) is 1. The number of aromatic nitrogens is 1. The van der Waals surface area contributed by atoms with Crippen molar-refractivity contribution in [3.8, 4) is 5.75 Å². The Morgan fingerprint density at radius 3 is 2.55 bits per heavy atom. The maximum absolute atomic E-state index is 13.1. The number of nitrogens with zero attached hydrogens (tertiary/aromatic N) is 2. The normalized spacial score (nSPS) is 11.7. The van der Waals surface area contributed by atoms with Crippen LogP contribution in [0.15, 0.2) is 47.4 Å². The van der Waals surface area contributed by atoms with Crippen molar-refractivity contribution in [1.29, 1.82) is 0 Å². The molecule has 0 unspecified atom stereocenters. The summed E-state index contributed by atoms with van der Waals surface area (Å²) in [5, 5.41) is 3.70. The van der Waals surface area contributed by atoms with Gasteiger partial charge in [-0.1, -0.05) is 26.0 Å². The van der Waals surface area contributed by atoms with Gasteiger partial charge in [0.2, 0.25) is 15.9 Å². The van der Waals surface area contributed by atoms with Gasteiger partial charge in [0.25, 0.3) is 0 Å². The number of carbonyl (C=O) groups is 1. The van der Waals surface area contributed by atoms with Crippen molar-refractivity contribution in [3.63, 3.8) is 0 Å². The average molecular weight is 462 g/mol. The molecule has 0 aliphatic rings. The highest BCUT2D eigenvalue weighted by molar-refractivity contribution is 7.89. The van der Waals surface area contributed by atoms with E-state index >= 15 is 0 Å². The van der Waals surface area contributed by atoms with E-state index in [4.69, 9.17) is 4.74 Å². The van der Waals surface area contributed by atoms with E-state index in [2.05, 4.69) is 10.3 Å². The molecule has 1 amide bonds. The van der Waals surface area contributed by atoms with Gasteiger partial charge in [-0.15, -0.1) is 11.3 Å². The molecule has 0 aliphatic carbocycles. The van der Waals surface area contributed by atoms with Crippen molar-refractivity contribution in [2.75, 3.05) is 25.0 Å². The molecule has 1 aromatic heterocycles. The molecule has 3 aromatic rings. The molecule has 1 heterocycles. The molecular formula is C22H27N3O4S2. The minimum atomic E-state index is -3.73. The van der Waals surface area contributed by atoms with Gasteiger partial charge in [-0.2, -0.15) is 4.31 Å². The van der Waals surface area contributed by atoms with E-state index in [-0.39, 0.29) is 23.0 Å². The molecule has 31 heavy (non-hydrogen) atoms. The molecule has 3 rings (SSSR count). The quantitative estimate of drug-likeness (QED) is 0.486.